The molecule has 2 rings (SSSR count). The molecular formula is C11H18N4O2S. The van der Waals surface area contributed by atoms with Gasteiger partial charge >= 0.3 is 0 Å². The van der Waals surface area contributed by atoms with Gasteiger partial charge in [-0.3, -0.25) is 9.00 Å². The van der Waals surface area contributed by atoms with Gasteiger partial charge in [0, 0.05) is 48.6 Å². The molecule has 7 heteroatoms. The normalized spacial score (nSPS) is 15.6. The molecule has 0 radical (unpaired) electrons. The number of carbonyl (C=O) groups excluding carboxylic acids is 1. The quantitative estimate of drug-likeness (QED) is 0.749. The van der Waals surface area contributed by atoms with Crippen molar-refractivity contribution in [1.29, 1.82) is 0 Å². The van der Waals surface area contributed by atoms with E-state index in [2.05, 4.69) is 15.6 Å². The summed E-state index contributed by atoms with van der Waals surface area (Å²) in [5.41, 5.74) is 0.442. The Hall–Kier alpha value is -1.37. The van der Waals surface area contributed by atoms with E-state index >= 15 is 0 Å². The third kappa shape index (κ3) is 3.32. The number of nitrogens with one attached hydrogen (secondary N) is 2. The molecule has 6 nitrogen and oxygen atoms in total. The van der Waals surface area contributed by atoms with Gasteiger partial charge in [0.05, 0.1) is 0 Å². The lowest BCUT2D eigenvalue weighted by molar-refractivity contribution is 0.0949. The molecule has 1 aromatic heterocycles. The molecule has 18 heavy (non-hydrogen) atoms. The van der Waals surface area contributed by atoms with Crippen LogP contribution in [0.3, 0.4) is 0 Å². The molecule has 1 aromatic rings. The lowest BCUT2D eigenvalue weighted by atomic mass is 10.4. The first-order valence-corrected chi connectivity index (χ1v) is 7.79. The first-order chi connectivity index (χ1) is 8.66. The zero-order valence-corrected chi connectivity index (χ0v) is 11.3. The molecule has 1 unspecified atom stereocenters. The summed E-state index contributed by atoms with van der Waals surface area (Å²) in [6, 6.07) is 0. The molecule has 0 spiro atoms. The van der Waals surface area contributed by atoms with Gasteiger partial charge in [0.15, 0.2) is 0 Å². The minimum atomic E-state index is -0.800. The average molecular weight is 270 g/mol. The van der Waals surface area contributed by atoms with Gasteiger partial charge < -0.3 is 15.2 Å². The van der Waals surface area contributed by atoms with Crippen LogP contribution in [0.25, 0.3) is 0 Å². The summed E-state index contributed by atoms with van der Waals surface area (Å²) in [5, 5.41) is 5.94. The van der Waals surface area contributed by atoms with Crippen LogP contribution in [-0.4, -0.2) is 44.8 Å². The number of aryl methyl sites for hydroxylation is 1. The van der Waals surface area contributed by atoms with Gasteiger partial charge in [0.1, 0.15) is 5.69 Å². The number of fused-ring (bicyclic) bond motifs is 1. The van der Waals surface area contributed by atoms with Gasteiger partial charge in [-0.15, -0.1) is 0 Å². The van der Waals surface area contributed by atoms with E-state index in [4.69, 9.17) is 0 Å². The predicted octanol–water partition coefficient (Wildman–Crippen LogP) is 0.197. The van der Waals surface area contributed by atoms with Crippen LogP contribution in [0.15, 0.2) is 6.20 Å². The number of rotatable bonds is 5. The number of hydrogen-bond acceptors (Lipinski definition) is 4. The van der Waals surface area contributed by atoms with Crippen molar-refractivity contribution in [2.24, 2.45) is 0 Å². The van der Waals surface area contributed by atoms with E-state index in [1.165, 1.54) is 0 Å². The van der Waals surface area contributed by atoms with Crippen molar-refractivity contribution in [1.82, 2.24) is 14.9 Å². The van der Waals surface area contributed by atoms with Crippen LogP contribution in [0.5, 0.6) is 0 Å². The van der Waals surface area contributed by atoms with Gasteiger partial charge in [-0.1, -0.05) is 0 Å². The Labute approximate surface area is 109 Å². The lowest BCUT2D eigenvalue weighted by Gasteiger charge is -2.14. The van der Waals surface area contributed by atoms with Crippen molar-refractivity contribution >= 4 is 22.7 Å². The summed E-state index contributed by atoms with van der Waals surface area (Å²) in [6.07, 6.45) is 5.21. The van der Waals surface area contributed by atoms with E-state index in [9.17, 15) is 9.00 Å². The number of nitrogens with zero attached hydrogens (tertiary/aromatic N) is 2. The summed E-state index contributed by atoms with van der Waals surface area (Å²) >= 11 is 0. The highest BCUT2D eigenvalue weighted by molar-refractivity contribution is 7.84. The number of amides is 1. The molecule has 2 N–H and O–H groups in total. The van der Waals surface area contributed by atoms with Crippen molar-refractivity contribution < 1.29 is 9.00 Å². The monoisotopic (exact) mass is 270 g/mol. The Morgan fingerprint density at radius 2 is 2.50 bits per heavy atom. The smallest absolute Gasteiger partial charge is 0.271 e. The summed E-state index contributed by atoms with van der Waals surface area (Å²) in [5.74, 6) is 1.21. The first kappa shape index (κ1) is 13.1. The third-order valence-electron chi connectivity index (χ3n) is 2.76. The minimum absolute atomic E-state index is 0.166. The Bertz CT molecular complexity index is 434. The fourth-order valence-electron chi connectivity index (χ4n) is 1.85. The topological polar surface area (TPSA) is 76.0 Å². The van der Waals surface area contributed by atoms with Crippen molar-refractivity contribution in [2.75, 3.05) is 30.4 Å². The summed E-state index contributed by atoms with van der Waals surface area (Å²) < 4.78 is 12.8. The fraction of sp³-hybridized carbons (Fsp3) is 0.636. The van der Waals surface area contributed by atoms with Crippen LogP contribution in [0.2, 0.25) is 0 Å². The highest BCUT2D eigenvalue weighted by atomic mass is 32.2. The molecular weight excluding hydrogens is 252 g/mol. The Morgan fingerprint density at radius 1 is 1.67 bits per heavy atom. The Kier molecular flexibility index (Phi) is 4.35. The van der Waals surface area contributed by atoms with Gasteiger partial charge in [-0.05, 0) is 12.8 Å². The van der Waals surface area contributed by atoms with Crippen LogP contribution in [0, 0.1) is 0 Å². The maximum atomic E-state index is 11.8. The first-order valence-electron chi connectivity index (χ1n) is 6.06. The van der Waals surface area contributed by atoms with Crippen molar-refractivity contribution in [3.63, 3.8) is 0 Å². The van der Waals surface area contributed by atoms with Crippen LogP contribution in [-0.2, 0) is 17.3 Å². The van der Waals surface area contributed by atoms with Crippen LogP contribution in [0.4, 0.5) is 5.95 Å². The summed E-state index contributed by atoms with van der Waals surface area (Å²) in [7, 11) is -0.800. The number of aromatic nitrogens is 2. The van der Waals surface area contributed by atoms with Gasteiger partial charge in [0.25, 0.3) is 5.91 Å². The molecule has 1 atom stereocenters. The van der Waals surface area contributed by atoms with Gasteiger partial charge in [-0.2, -0.15) is 0 Å². The van der Waals surface area contributed by atoms with Crippen LogP contribution in [0.1, 0.15) is 23.3 Å². The SMILES string of the molecule is CS(=O)CCCNC(=O)c1cn2c(n1)NCCC2. The predicted molar refractivity (Wildman–Crippen MR) is 71.2 cm³/mol. The second-order valence-electron chi connectivity index (χ2n) is 4.31. The summed E-state index contributed by atoms with van der Waals surface area (Å²) in [6.45, 7) is 2.34. The van der Waals surface area contributed by atoms with E-state index in [0.717, 1.165) is 31.9 Å². The molecule has 1 aliphatic rings. The molecule has 2 heterocycles. The molecule has 0 saturated carbocycles. The highest BCUT2D eigenvalue weighted by Gasteiger charge is 2.15. The number of imidazole rings is 1. The zero-order valence-electron chi connectivity index (χ0n) is 10.4. The Morgan fingerprint density at radius 3 is 3.22 bits per heavy atom. The van der Waals surface area contributed by atoms with Crippen molar-refractivity contribution in [3.05, 3.63) is 11.9 Å². The van der Waals surface area contributed by atoms with E-state index in [1.807, 2.05) is 4.57 Å². The van der Waals surface area contributed by atoms with Crippen molar-refractivity contribution in [3.8, 4) is 0 Å². The maximum absolute atomic E-state index is 11.8. The van der Waals surface area contributed by atoms with Gasteiger partial charge in [0.2, 0.25) is 5.95 Å². The average Bonchev–Trinajstić information content (AvgIpc) is 2.78. The maximum Gasteiger partial charge on any atom is 0.271 e. The number of carbonyl (C=O) groups is 1. The van der Waals surface area contributed by atoms with E-state index in [0.29, 0.717) is 18.0 Å². The second kappa shape index (κ2) is 5.99. The second-order valence-corrected chi connectivity index (χ2v) is 5.86. The van der Waals surface area contributed by atoms with Crippen LogP contribution >= 0.6 is 0 Å². The molecule has 1 aliphatic heterocycles. The van der Waals surface area contributed by atoms with Crippen LogP contribution < -0.4 is 10.6 Å². The molecule has 0 fully saturated rings. The van der Waals surface area contributed by atoms with E-state index < -0.39 is 10.8 Å². The number of anilines is 1. The fourth-order valence-corrected chi connectivity index (χ4v) is 2.41. The molecule has 0 aromatic carbocycles. The van der Waals surface area contributed by atoms with Gasteiger partial charge in [-0.25, -0.2) is 4.98 Å². The van der Waals surface area contributed by atoms with Crippen molar-refractivity contribution in [2.45, 2.75) is 19.4 Å². The summed E-state index contributed by atoms with van der Waals surface area (Å²) in [4.78, 5) is 16.1. The molecule has 100 valence electrons. The highest BCUT2D eigenvalue weighted by Crippen LogP contribution is 2.13. The molecule has 0 bridgehead atoms. The Balaban J connectivity index is 1.85. The lowest BCUT2D eigenvalue weighted by Crippen LogP contribution is -2.25. The third-order valence-corrected chi connectivity index (χ3v) is 3.63. The zero-order chi connectivity index (χ0) is 13.0. The van der Waals surface area contributed by atoms with E-state index in [1.54, 1.807) is 12.5 Å². The largest absolute Gasteiger partial charge is 0.356 e. The number of hydrogen-bond donors (Lipinski definition) is 2. The van der Waals surface area contributed by atoms with E-state index in [-0.39, 0.29) is 5.91 Å². The molecule has 0 aliphatic carbocycles. The minimum Gasteiger partial charge on any atom is -0.356 e. The molecule has 0 saturated heterocycles. The molecule has 1 amide bonds. The standard InChI is InChI=1S/C11H18N4O2S/c1-18(17)7-3-5-12-10(16)9-8-15-6-2-4-13-11(15)14-9/h8H,2-7H2,1H3,(H,12,16)(H,13,14).